The fraction of sp³-hybridized carbons (Fsp3) is 0.400. The average Bonchev–Trinajstić information content (AvgIpc) is 3.12. The lowest BCUT2D eigenvalue weighted by Crippen LogP contribution is -2.49. The van der Waals surface area contributed by atoms with Gasteiger partial charge in [-0.05, 0) is 31.2 Å². The zero-order valence-corrected chi connectivity index (χ0v) is 15.5. The molecule has 0 saturated carbocycles. The first-order valence-electron chi connectivity index (χ1n) is 9.09. The lowest BCUT2D eigenvalue weighted by molar-refractivity contribution is -0.138. The van der Waals surface area contributed by atoms with Crippen molar-refractivity contribution in [2.45, 2.75) is 13.5 Å². The van der Waals surface area contributed by atoms with Gasteiger partial charge in [0.1, 0.15) is 24.7 Å². The summed E-state index contributed by atoms with van der Waals surface area (Å²) in [7, 11) is 0. The summed E-state index contributed by atoms with van der Waals surface area (Å²) in [5.41, 5.74) is 1.17. The molecule has 0 bridgehead atoms. The molecule has 2 amide bonds. The van der Waals surface area contributed by atoms with Crippen molar-refractivity contribution in [1.82, 2.24) is 10.2 Å². The van der Waals surface area contributed by atoms with E-state index < -0.39 is 0 Å². The van der Waals surface area contributed by atoms with Gasteiger partial charge in [0.25, 0.3) is 0 Å². The molecule has 7 nitrogen and oxygen atoms in total. The van der Waals surface area contributed by atoms with Crippen molar-refractivity contribution in [2.75, 3.05) is 44.3 Å². The maximum absolute atomic E-state index is 12.2. The van der Waals surface area contributed by atoms with Gasteiger partial charge in [-0.15, -0.1) is 0 Å². The van der Waals surface area contributed by atoms with E-state index in [4.69, 9.17) is 9.15 Å². The van der Waals surface area contributed by atoms with Gasteiger partial charge in [-0.3, -0.25) is 9.59 Å². The summed E-state index contributed by atoms with van der Waals surface area (Å²) < 4.78 is 10.6. The van der Waals surface area contributed by atoms with Gasteiger partial charge >= 0.3 is 0 Å². The second kappa shape index (κ2) is 9.23. The van der Waals surface area contributed by atoms with Crippen LogP contribution in [0.4, 0.5) is 5.69 Å². The van der Waals surface area contributed by atoms with E-state index >= 15 is 0 Å². The molecular weight excluding hydrogens is 346 g/mol. The number of nitrogens with one attached hydrogen (secondary N) is 1. The van der Waals surface area contributed by atoms with E-state index in [1.807, 2.05) is 37.3 Å². The summed E-state index contributed by atoms with van der Waals surface area (Å²) in [6, 6.07) is 13.8. The highest BCUT2D eigenvalue weighted by Gasteiger charge is 2.21. The molecule has 0 unspecified atom stereocenters. The van der Waals surface area contributed by atoms with E-state index in [0.717, 1.165) is 18.8 Å². The molecule has 3 rings (SSSR count). The van der Waals surface area contributed by atoms with E-state index in [1.54, 1.807) is 4.90 Å². The first-order chi connectivity index (χ1) is 13.1. The Bertz CT molecular complexity index is 752. The Labute approximate surface area is 158 Å². The van der Waals surface area contributed by atoms with Gasteiger partial charge in [0.2, 0.25) is 11.8 Å². The largest absolute Gasteiger partial charge is 0.465 e. The van der Waals surface area contributed by atoms with Crippen LogP contribution < -0.4 is 10.2 Å². The van der Waals surface area contributed by atoms with Crippen molar-refractivity contribution >= 4 is 17.5 Å². The Morgan fingerprint density at radius 1 is 1.04 bits per heavy atom. The average molecular weight is 371 g/mol. The van der Waals surface area contributed by atoms with Crippen LogP contribution in [-0.4, -0.2) is 56.1 Å². The lowest BCUT2D eigenvalue weighted by Gasteiger charge is -2.36. The van der Waals surface area contributed by atoms with Crippen LogP contribution in [0.15, 0.2) is 46.9 Å². The van der Waals surface area contributed by atoms with Crippen molar-refractivity contribution in [1.29, 1.82) is 0 Å². The minimum atomic E-state index is -0.272. The number of anilines is 1. The van der Waals surface area contributed by atoms with Gasteiger partial charge in [0, 0.05) is 31.9 Å². The van der Waals surface area contributed by atoms with Crippen LogP contribution in [0.3, 0.4) is 0 Å². The zero-order valence-electron chi connectivity index (χ0n) is 15.5. The molecule has 0 radical (unpaired) electrons. The highest BCUT2D eigenvalue weighted by Crippen LogP contribution is 2.15. The van der Waals surface area contributed by atoms with Gasteiger partial charge in [0.15, 0.2) is 0 Å². The van der Waals surface area contributed by atoms with Crippen LogP contribution in [0.25, 0.3) is 0 Å². The van der Waals surface area contributed by atoms with Crippen molar-refractivity contribution in [3.05, 3.63) is 54.0 Å². The molecule has 0 spiro atoms. The normalized spacial score (nSPS) is 14.3. The second-order valence-corrected chi connectivity index (χ2v) is 6.49. The quantitative estimate of drug-likeness (QED) is 0.800. The Hall–Kier alpha value is -2.80. The summed E-state index contributed by atoms with van der Waals surface area (Å²) in [5, 5.41) is 2.70. The molecule has 27 heavy (non-hydrogen) atoms. The van der Waals surface area contributed by atoms with Gasteiger partial charge in [-0.1, -0.05) is 18.2 Å². The second-order valence-electron chi connectivity index (χ2n) is 6.49. The summed E-state index contributed by atoms with van der Waals surface area (Å²) in [6.07, 6.45) is 0. The van der Waals surface area contributed by atoms with Crippen LogP contribution in [0.2, 0.25) is 0 Å². The van der Waals surface area contributed by atoms with Gasteiger partial charge in [-0.2, -0.15) is 0 Å². The number of para-hydroxylation sites is 1. The number of furan rings is 1. The molecule has 1 N–H and O–H groups in total. The van der Waals surface area contributed by atoms with Crippen LogP contribution in [-0.2, 0) is 20.9 Å². The Morgan fingerprint density at radius 2 is 1.78 bits per heavy atom. The molecule has 144 valence electrons. The number of rotatable bonds is 7. The summed E-state index contributed by atoms with van der Waals surface area (Å²) >= 11 is 0. The van der Waals surface area contributed by atoms with Crippen LogP contribution in [0.5, 0.6) is 0 Å². The molecule has 7 heteroatoms. The van der Waals surface area contributed by atoms with Crippen molar-refractivity contribution < 1.29 is 18.7 Å². The molecule has 0 atom stereocenters. The number of carbonyl (C=O) groups is 2. The summed E-state index contributed by atoms with van der Waals surface area (Å²) in [5.74, 6) is 1.13. The minimum Gasteiger partial charge on any atom is -0.465 e. The minimum absolute atomic E-state index is 0.0847. The number of hydrogen-bond donors (Lipinski definition) is 1. The van der Waals surface area contributed by atoms with E-state index in [1.165, 1.54) is 5.69 Å². The fourth-order valence-corrected chi connectivity index (χ4v) is 2.99. The maximum atomic E-state index is 12.2. The third kappa shape index (κ3) is 5.59. The molecule has 1 aliphatic rings. The molecule has 0 aliphatic carbocycles. The topological polar surface area (TPSA) is 75.0 Å². The lowest BCUT2D eigenvalue weighted by atomic mass is 10.2. The number of nitrogens with zero attached hydrogens (tertiary/aromatic N) is 2. The number of aryl methyl sites for hydroxylation is 1. The van der Waals surface area contributed by atoms with Gasteiger partial charge in [0.05, 0.1) is 6.54 Å². The van der Waals surface area contributed by atoms with Crippen LogP contribution in [0.1, 0.15) is 11.5 Å². The summed E-state index contributed by atoms with van der Waals surface area (Å²) in [4.78, 5) is 28.1. The number of piperazine rings is 1. The first kappa shape index (κ1) is 19.0. The zero-order chi connectivity index (χ0) is 19.1. The van der Waals surface area contributed by atoms with Gasteiger partial charge in [-0.25, -0.2) is 0 Å². The fourth-order valence-electron chi connectivity index (χ4n) is 2.99. The van der Waals surface area contributed by atoms with Gasteiger partial charge < -0.3 is 24.3 Å². The van der Waals surface area contributed by atoms with E-state index in [0.29, 0.717) is 25.4 Å². The Balaban J connectivity index is 1.32. The van der Waals surface area contributed by atoms with Crippen molar-refractivity contribution in [3.8, 4) is 0 Å². The molecule has 2 heterocycles. The third-order valence-electron chi connectivity index (χ3n) is 4.47. The molecular formula is C20H25N3O4. The molecule has 1 fully saturated rings. The number of ether oxygens (including phenoxy) is 1. The smallest absolute Gasteiger partial charge is 0.248 e. The molecule has 1 saturated heterocycles. The predicted octanol–water partition coefficient (Wildman–Crippen LogP) is 1.57. The third-order valence-corrected chi connectivity index (χ3v) is 4.47. The molecule has 1 aromatic carbocycles. The van der Waals surface area contributed by atoms with E-state index in [9.17, 15) is 9.59 Å². The monoisotopic (exact) mass is 371 g/mol. The number of carbonyl (C=O) groups excluding carboxylic acids is 2. The van der Waals surface area contributed by atoms with E-state index in [2.05, 4.69) is 22.3 Å². The molecule has 1 aromatic heterocycles. The number of benzene rings is 1. The Morgan fingerprint density at radius 3 is 2.44 bits per heavy atom. The SMILES string of the molecule is Cc1ccc(CNC(=O)COCC(=O)N2CCN(c3ccccc3)CC2)o1. The van der Waals surface area contributed by atoms with E-state index in [-0.39, 0.29) is 25.0 Å². The number of amides is 2. The highest BCUT2D eigenvalue weighted by atomic mass is 16.5. The molecule has 2 aromatic rings. The summed E-state index contributed by atoms with van der Waals surface area (Å²) in [6.45, 7) is 4.82. The number of hydrogen-bond acceptors (Lipinski definition) is 5. The predicted molar refractivity (Wildman–Crippen MR) is 101 cm³/mol. The maximum Gasteiger partial charge on any atom is 0.248 e. The van der Waals surface area contributed by atoms with Crippen molar-refractivity contribution in [2.24, 2.45) is 0 Å². The van der Waals surface area contributed by atoms with Crippen LogP contribution in [0, 0.1) is 6.92 Å². The highest BCUT2D eigenvalue weighted by molar-refractivity contribution is 5.79. The Kier molecular flexibility index (Phi) is 6.49. The van der Waals surface area contributed by atoms with Crippen LogP contribution >= 0.6 is 0 Å². The molecule has 1 aliphatic heterocycles. The standard InChI is InChI=1S/C20H25N3O4/c1-16-7-8-18(27-16)13-21-19(24)14-26-15-20(25)23-11-9-22(10-12-23)17-5-3-2-4-6-17/h2-8H,9-15H2,1H3,(H,21,24). The first-order valence-corrected chi connectivity index (χ1v) is 9.09. The van der Waals surface area contributed by atoms with Crippen molar-refractivity contribution in [3.63, 3.8) is 0 Å².